The maximum atomic E-state index is 12.2. The average molecular weight is 486 g/mol. The molecule has 4 nitrogen and oxygen atoms in total. The molecule has 0 aliphatic carbocycles. The monoisotopic (exact) mass is 484 g/mol. The van der Waals surface area contributed by atoms with Gasteiger partial charge in [-0.2, -0.15) is 5.10 Å². The molecular formula is C24H22BrClN2O2. The molecule has 30 heavy (non-hydrogen) atoms. The summed E-state index contributed by atoms with van der Waals surface area (Å²) in [6.45, 7) is 4.44. The van der Waals surface area contributed by atoms with Crippen molar-refractivity contribution in [3.8, 4) is 5.75 Å². The fraction of sp³-hybridized carbons (Fsp3) is 0.167. The number of halogens is 2. The van der Waals surface area contributed by atoms with E-state index in [9.17, 15) is 4.79 Å². The van der Waals surface area contributed by atoms with Crippen molar-refractivity contribution in [2.24, 2.45) is 5.10 Å². The predicted molar refractivity (Wildman–Crippen MR) is 125 cm³/mol. The summed E-state index contributed by atoms with van der Waals surface area (Å²) >= 11 is 9.54. The Bertz CT molecular complexity index is 1070. The van der Waals surface area contributed by atoms with Gasteiger partial charge in [0.25, 0.3) is 0 Å². The minimum absolute atomic E-state index is 0.183. The van der Waals surface area contributed by atoms with Crippen molar-refractivity contribution in [2.75, 3.05) is 0 Å². The van der Waals surface area contributed by atoms with E-state index in [4.69, 9.17) is 16.3 Å². The molecule has 0 bridgehead atoms. The second kappa shape index (κ2) is 10.4. The first-order valence-corrected chi connectivity index (χ1v) is 10.6. The number of hydrazone groups is 1. The first kappa shape index (κ1) is 22.1. The Kier molecular flexibility index (Phi) is 7.66. The zero-order valence-corrected chi connectivity index (χ0v) is 19.1. The summed E-state index contributed by atoms with van der Waals surface area (Å²) in [4.78, 5) is 12.2. The van der Waals surface area contributed by atoms with Gasteiger partial charge in [-0.3, -0.25) is 4.79 Å². The Morgan fingerprint density at radius 2 is 1.87 bits per heavy atom. The fourth-order valence-corrected chi connectivity index (χ4v) is 3.37. The molecule has 0 fully saturated rings. The number of aryl methyl sites for hydroxylation is 2. The maximum Gasteiger partial charge on any atom is 0.244 e. The number of nitrogens with one attached hydrogen (secondary N) is 1. The smallest absolute Gasteiger partial charge is 0.244 e. The van der Waals surface area contributed by atoms with Gasteiger partial charge < -0.3 is 4.74 Å². The van der Waals surface area contributed by atoms with Crippen LogP contribution in [0, 0.1) is 13.8 Å². The molecule has 0 saturated heterocycles. The summed E-state index contributed by atoms with van der Waals surface area (Å²) in [6, 6.07) is 19.2. The van der Waals surface area contributed by atoms with E-state index in [1.807, 2.05) is 50.2 Å². The van der Waals surface area contributed by atoms with Crippen molar-refractivity contribution in [1.82, 2.24) is 5.43 Å². The molecule has 0 heterocycles. The second-order valence-electron chi connectivity index (χ2n) is 7.00. The molecule has 0 aromatic heterocycles. The number of hydrogen-bond donors (Lipinski definition) is 1. The van der Waals surface area contributed by atoms with Gasteiger partial charge in [0.1, 0.15) is 12.4 Å². The Labute approximate surface area is 190 Å². The van der Waals surface area contributed by atoms with Crippen LogP contribution in [0.1, 0.15) is 27.8 Å². The van der Waals surface area contributed by atoms with E-state index < -0.39 is 0 Å². The molecule has 0 atom stereocenters. The Balaban J connectivity index is 1.63. The highest BCUT2D eigenvalue weighted by atomic mass is 79.9. The van der Waals surface area contributed by atoms with Gasteiger partial charge in [0.05, 0.1) is 12.6 Å². The first-order valence-electron chi connectivity index (χ1n) is 9.45. The largest absolute Gasteiger partial charge is 0.488 e. The molecule has 1 amide bonds. The molecule has 3 rings (SSSR count). The summed E-state index contributed by atoms with van der Waals surface area (Å²) in [5.74, 6) is 0.451. The van der Waals surface area contributed by atoms with Crippen molar-refractivity contribution < 1.29 is 9.53 Å². The van der Waals surface area contributed by atoms with E-state index in [-0.39, 0.29) is 12.3 Å². The van der Waals surface area contributed by atoms with E-state index in [1.54, 1.807) is 24.4 Å². The molecule has 0 radical (unpaired) electrons. The van der Waals surface area contributed by atoms with Crippen LogP contribution in [0.3, 0.4) is 0 Å². The molecule has 6 heteroatoms. The lowest BCUT2D eigenvalue weighted by atomic mass is 10.0. The molecule has 0 spiro atoms. The lowest BCUT2D eigenvalue weighted by Gasteiger charge is -2.10. The zero-order valence-electron chi connectivity index (χ0n) is 16.8. The van der Waals surface area contributed by atoms with Crippen LogP contribution in [0.2, 0.25) is 5.02 Å². The van der Waals surface area contributed by atoms with Crippen molar-refractivity contribution in [1.29, 1.82) is 0 Å². The van der Waals surface area contributed by atoms with Gasteiger partial charge in [-0.1, -0.05) is 63.4 Å². The van der Waals surface area contributed by atoms with Crippen LogP contribution >= 0.6 is 27.5 Å². The molecule has 0 unspecified atom stereocenters. The van der Waals surface area contributed by atoms with Gasteiger partial charge >= 0.3 is 0 Å². The van der Waals surface area contributed by atoms with Crippen LogP contribution in [-0.4, -0.2) is 12.1 Å². The minimum Gasteiger partial charge on any atom is -0.488 e. The molecule has 0 aliphatic heterocycles. The van der Waals surface area contributed by atoms with Gasteiger partial charge in [0.2, 0.25) is 5.91 Å². The lowest BCUT2D eigenvalue weighted by Crippen LogP contribution is -2.20. The van der Waals surface area contributed by atoms with E-state index in [0.717, 1.165) is 21.2 Å². The van der Waals surface area contributed by atoms with E-state index in [2.05, 4.69) is 32.5 Å². The van der Waals surface area contributed by atoms with E-state index in [1.165, 1.54) is 5.56 Å². The molecule has 1 N–H and O–H groups in total. The van der Waals surface area contributed by atoms with Gasteiger partial charge in [-0.25, -0.2) is 5.43 Å². The van der Waals surface area contributed by atoms with E-state index >= 15 is 0 Å². The standard InChI is InChI=1S/C24H22BrClN2O2/c1-16-3-6-19(17(2)11-16)13-24(29)28-27-14-20-12-22(26)9-10-23(20)30-15-18-4-7-21(25)8-5-18/h3-12,14H,13,15H2,1-2H3,(H,28,29)/b27-14-. The van der Waals surface area contributed by atoms with Crippen molar-refractivity contribution >= 4 is 39.7 Å². The molecule has 0 aliphatic rings. The summed E-state index contributed by atoms with van der Waals surface area (Å²) < 4.78 is 6.94. The number of ether oxygens (including phenoxy) is 1. The van der Waals surface area contributed by atoms with Crippen LogP contribution < -0.4 is 10.2 Å². The highest BCUT2D eigenvalue weighted by Crippen LogP contribution is 2.23. The molecule has 3 aromatic carbocycles. The van der Waals surface area contributed by atoms with E-state index in [0.29, 0.717) is 22.9 Å². The molecular weight excluding hydrogens is 464 g/mol. The van der Waals surface area contributed by atoms with Gasteiger partial charge in [-0.05, 0) is 60.9 Å². The third kappa shape index (κ3) is 6.44. The number of hydrogen-bond acceptors (Lipinski definition) is 3. The average Bonchev–Trinajstić information content (AvgIpc) is 2.71. The Morgan fingerprint density at radius 1 is 1.10 bits per heavy atom. The maximum absolute atomic E-state index is 12.2. The summed E-state index contributed by atoms with van der Waals surface area (Å²) in [5, 5.41) is 4.65. The number of benzene rings is 3. The number of rotatable bonds is 7. The molecule has 0 saturated carbocycles. The van der Waals surface area contributed by atoms with Crippen molar-refractivity contribution in [3.05, 3.63) is 98.0 Å². The topological polar surface area (TPSA) is 50.7 Å². The Hall–Kier alpha value is -2.63. The van der Waals surface area contributed by atoms with Crippen LogP contribution in [0.15, 0.2) is 70.2 Å². The number of nitrogens with zero attached hydrogens (tertiary/aromatic N) is 1. The predicted octanol–water partition coefficient (Wildman–Crippen LogP) is 5.99. The highest BCUT2D eigenvalue weighted by molar-refractivity contribution is 9.10. The van der Waals surface area contributed by atoms with Gasteiger partial charge in [0, 0.05) is 15.1 Å². The fourth-order valence-electron chi connectivity index (χ4n) is 2.92. The quantitative estimate of drug-likeness (QED) is 0.330. The van der Waals surface area contributed by atoms with Crippen molar-refractivity contribution in [3.63, 3.8) is 0 Å². The zero-order chi connectivity index (χ0) is 21.5. The van der Waals surface area contributed by atoms with Crippen LogP contribution in [0.25, 0.3) is 0 Å². The Morgan fingerprint density at radius 3 is 2.60 bits per heavy atom. The molecule has 154 valence electrons. The third-order valence-corrected chi connectivity index (χ3v) is 5.29. The third-order valence-electron chi connectivity index (χ3n) is 4.52. The minimum atomic E-state index is -0.183. The second-order valence-corrected chi connectivity index (χ2v) is 8.35. The van der Waals surface area contributed by atoms with Gasteiger partial charge in [-0.15, -0.1) is 0 Å². The summed E-state index contributed by atoms with van der Waals surface area (Å²) in [5.41, 5.74) is 7.54. The normalized spacial score (nSPS) is 10.9. The van der Waals surface area contributed by atoms with Crippen LogP contribution in [0.5, 0.6) is 5.75 Å². The molecule has 3 aromatic rings. The SMILES string of the molecule is Cc1ccc(CC(=O)N/N=C\c2cc(Cl)ccc2OCc2ccc(Br)cc2)c(C)c1. The van der Waals surface area contributed by atoms with Crippen molar-refractivity contribution in [2.45, 2.75) is 26.9 Å². The summed E-state index contributed by atoms with van der Waals surface area (Å²) in [6.07, 6.45) is 1.81. The first-order chi connectivity index (χ1) is 14.4. The van der Waals surface area contributed by atoms with Gasteiger partial charge in [0.15, 0.2) is 0 Å². The van der Waals surface area contributed by atoms with Crippen LogP contribution in [-0.2, 0) is 17.8 Å². The highest BCUT2D eigenvalue weighted by Gasteiger charge is 2.07. The number of carbonyl (C=O) groups excluding carboxylic acids is 1. The van der Waals surface area contributed by atoms with Crippen LogP contribution in [0.4, 0.5) is 0 Å². The number of amides is 1. The summed E-state index contributed by atoms with van der Waals surface area (Å²) in [7, 11) is 0. The lowest BCUT2D eigenvalue weighted by molar-refractivity contribution is -0.120. The number of carbonyl (C=O) groups is 1.